The molecule has 0 aliphatic rings. The van der Waals surface area contributed by atoms with Gasteiger partial charge in [-0.2, -0.15) is 0 Å². The Morgan fingerprint density at radius 1 is 1.04 bits per heavy atom. The zero-order valence-electron chi connectivity index (χ0n) is 12.3. The van der Waals surface area contributed by atoms with Gasteiger partial charge >= 0.3 is 0 Å². The maximum absolute atomic E-state index is 12.1. The molecule has 24 heavy (non-hydrogen) atoms. The lowest BCUT2D eigenvalue weighted by molar-refractivity contribution is 0.0939. The van der Waals surface area contributed by atoms with Crippen LogP contribution in [0.1, 0.15) is 10.5 Å². The number of carbonyl (C=O) groups is 1. The first-order valence-electron chi connectivity index (χ1n) is 6.96. The number of benzene rings is 1. The van der Waals surface area contributed by atoms with Crippen molar-refractivity contribution in [2.75, 3.05) is 5.32 Å². The van der Waals surface area contributed by atoms with Gasteiger partial charge in [-0.3, -0.25) is 15.6 Å². The van der Waals surface area contributed by atoms with Crippen molar-refractivity contribution >= 4 is 51.4 Å². The Labute approximate surface area is 148 Å². The number of pyridine rings is 2. The molecular formula is C16H12ClN5OS. The van der Waals surface area contributed by atoms with E-state index in [1.54, 1.807) is 18.2 Å². The molecule has 3 rings (SSSR count). The summed E-state index contributed by atoms with van der Waals surface area (Å²) < 4.78 is 0. The SMILES string of the molecule is O=C(NNC(=S)Nc1ccc(Cl)nc1)c1ccc2ccccc2n1. The predicted molar refractivity (Wildman–Crippen MR) is 97.8 cm³/mol. The molecule has 1 amide bonds. The van der Waals surface area contributed by atoms with E-state index in [0.717, 1.165) is 10.9 Å². The average molecular weight is 358 g/mol. The second-order valence-corrected chi connectivity index (χ2v) is 5.59. The lowest BCUT2D eigenvalue weighted by Crippen LogP contribution is -2.44. The van der Waals surface area contributed by atoms with Crippen LogP contribution in [0.5, 0.6) is 0 Å². The molecule has 0 aliphatic carbocycles. The van der Waals surface area contributed by atoms with Crippen LogP contribution in [-0.2, 0) is 0 Å². The first-order valence-corrected chi connectivity index (χ1v) is 7.75. The normalized spacial score (nSPS) is 10.2. The summed E-state index contributed by atoms with van der Waals surface area (Å²) in [5, 5.41) is 4.44. The highest BCUT2D eigenvalue weighted by Gasteiger charge is 2.08. The molecule has 120 valence electrons. The fourth-order valence-electron chi connectivity index (χ4n) is 1.98. The van der Waals surface area contributed by atoms with E-state index >= 15 is 0 Å². The number of aromatic nitrogens is 2. The highest BCUT2D eigenvalue weighted by atomic mass is 35.5. The van der Waals surface area contributed by atoms with Crippen molar-refractivity contribution in [1.29, 1.82) is 0 Å². The van der Waals surface area contributed by atoms with Gasteiger partial charge in [0.1, 0.15) is 10.8 Å². The van der Waals surface area contributed by atoms with Gasteiger partial charge in [0.15, 0.2) is 5.11 Å². The molecule has 6 nitrogen and oxygen atoms in total. The van der Waals surface area contributed by atoms with E-state index in [2.05, 4.69) is 26.1 Å². The van der Waals surface area contributed by atoms with Gasteiger partial charge in [-0.15, -0.1) is 0 Å². The van der Waals surface area contributed by atoms with E-state index in [1.807, 2.05) is 30.3 Å². The van der Waals surface area contributed by atoms with Gasteiger partial charge in [0.2, 0.25) is 0 Å². The van der Waals surface area contributed by atoms with Crippen LogP contribution in [0.2, 0.25) is 5.15 Å². The van der Waals surface area contributed by atoms with Gasteiger partial charge in [0.05, 0.1) is 17.4 Å². The third kappa shape index (κ3) is 3.95. The largest absolute Gasteiger partial charge is 0.330 e. The maximum atomic E-state index is 12.1. The summed E-state index contributed by atoms with van der Waals surface area (Å²) in [5.74, 6) is -0.390. The number of halogens is 1. The van der Waals surface area contributed by atoms with Crippen molar-refractivity contribution in [2.24, 2.45) is 0 Å². The highest BCUT2D eigenvalue weighted by molar-refractivity contribution is 7.80. The van der Waals surface area contributed by atoms with Gasteiger partial charge in [-0.1, -0.05) is 35.9 Å². The fraction of sp³-hybridized carbons (Fsp3) is 0. The van der Waals surface area contributed by atoms with E-state index in [0.29, 0.717) is 10.8 Å². The van der Waals surface area contributed by atoms with Crippen LogP contribution >= 0.6 is 23.8 Å². The zero-order chi connectivity index (χ0) is 16.9. The first kappa shape index (κ1) is 16.1. The maximum Gasteiger partial charge on any atom is 0.288 e. The predicted octanol–water partition coefficient (Wildman–Crippen LogP) is 2.91. The number of rotatable bonds is 2. The summed E-state index contributed by atoms with van der Waals surface area (Å²) in [6.07, 6.45) is 1.53. The van der Waals surface area contributed by atoms with Crippen molar-refractivity contribution in [1.82, 2.24) is 20.8 Å². The monoisotopic (exact) mass is 357 g/mol. The standard InChI is InChI=1S/C16H12ClN5OS/c17-14-8-6-11(9-18-14)19-16(24)22-21-15(23)13-7-5-10-3-1-2-4-12(10)20-13/h1-9H,(H,21,23)(H2,19,22,24). The Kier molecular flexibility index (Phi) is 4.83. The summed E-state index contributed by atoms with van der Waals surface area (Å²) in [6, 6.07) is 14.4. The number of anilines is 1. The summed E-state index contributed by atoms with van der Waals surface area (Å²) in [4.78, 5) is 20.4. The number of nitrogens with one attached hydrogen (secondary N) is 3. The molecule has 1 aromatic carbocycles. The van der Waals surface area contributed by atoms with Crippen molar-refractivity contribution in [3.63, 3.8) is 0 Å². The second-order valence-electron chi connectivity index (χ2n) is 4.79. The number of amides is 1. The molecule has 2 heterocycles. The Morgan fingerprint density at radius 3 is 2.67 bits per heavy atom. The molecule has 3 aromatic rings. The molecule has 3 N–H and O–H groups in total. The van der Waals surface area contributed by atoms with Gasteiger partial charge in [-0.05, 0) is 36.5 Å². The van der Waals surface area contributed by atoms with Gasteiger partial charge in [0, 0.05) is 5.39 Å². The number of carbonyl (C=O) groups excluding carboxylic acids is 1. The van der Waals surface area contributed by atoms with Crippen LogP contribution in [0.3, 0.4) is 0 Å². The van der Waals surface area contributed by atoms with E-state index in [9.17, 15) is 4.79 Å². The molecular weight excluding hydrogens is 346 g/mol. The number of hydrazine groups is 1. The van der Waals surface area contributed by atoms with Crippen LogP contribution < -0.4 is 16.2 Å². The van der Waals surface area contributed by atoms with Crippen LogP contribution in [0.25, 0.3) is 10.9 Å². The Hall–Kier alpha value is -2.77. The zero-order valence-corrected chi connectivity index (χ0v) is 13.9. The molecule has 0 aliphatic heterocycles. The average Bonchev–Trinajstić information content (AvgIpc) is 2.61. The third-order valence-corrected chi connectivity index (χ3v) is 3.53. The van der Waals surface area contributed by atoms with Crippen molar-refractivity contribution < 1.29 is 4.79 Å². The minimum Gasteiger partial charge on any atom is -0.330 e. The second kappa shape index (κ2) is 7.20. The molecule has 0 fully saturated rings. The lowest BCUT2D eigenvalue weighted by atomic mass is 10.2. The Balaban J connectivity index is 1.59. The smallest absolute Gasteiger partial charge is 0.288 e. The minimum atomic E-state index is -0.390. The molecule has 0 saturated heterocycles. The van der Waals surface area contributed by atoms with Crippen LogP contribution in [-0.4, -0.2) is 21.0 Å². The number of fused-ring (bicyclic) bond motifs is 1. The van der Waals surface area contributed by atoms with E-state index in [1.165, 1.54) is 6.20 Å². The van der Waals surface area contributed by atoms with E-state index < -0.39 is 0 Å². The minimum absolute atomic E-state index is 0.216. The quantitative estimate of drug-likeness (QED) is 0.372. The highest BCUT2D eigenvalue weighted by Crippen LogP contribution is 2.11. The number of hydrogen-bond donors (Lipinski definition) is 3. The molecule has 0 atom stereocenters. The van der Waals surface area contributed by atoms with Gasteiger partial charge in [0.25, 0.3) is 5.91 Å². The Bertz CT molecular complexity index is 900. The van der Waals surface area contributed by atoms with Crippen molar-refractivity contribution in [2.45, 2.75) is 0 Å². The molecule has 0 bridgehead atoms. The summed E-state index contributed by atoms with van der Waals surface area (Å²) >= 11 is 10.8. The van der Waals surface area contributed by atoms with Crippen LogP contribution in [0, 0.1) is 0 Å². The summed E-state index contributed by atoms with van der Waals surface area (Å²) in [6.45, 7) is 0. The number of thiocarbonyl (C=S) groups is 1. The number of para-hydroxylation sites is 1. The van der Waals surface area contributed by atoms with E-state index in [4.69, 9.17) is 23.8 Å². The molecule has 8 heteroatoms. The molecule has 2 aromatic heterocycles. The Morgan fingerprint density at radius 2 is 1.88 bits per heavy atom. The molecule has 0 spiro atoms. The number of nitrogens with zero attached hydrogens (tertiary/aromatic N) is 2. The third-order valence-electron chi connectivity index (χ3n) is 3.11. The first-order chi connectivity index (χ1) is 11.6. The van der Waals surface area contributed by atoms with E-state index in [-0.39, 0.29) is 16.7 Å². The van der Waals surface area contributed by atoms with Crippen molar-refractivity contribution in [3.05, 3.63) is 65.6 Å². The van der Waals surface area contributed by atoms with Crippen LogP contribution in [0.4, 0.5) is 5.69 Å². The fourth-order valence-corrected chi connectivity index (χ4v) is 2.26. The van der Waals surface area contributed by atoms with Gasteiger partial charge in [-0.25, -0.2) is 9.97 Å². The van der Waals surface area contributed by atoms with Crippen LogP contribution in [0.15, 0.2) is 54.7 Å². The summed E-state index contributed by atoms with van der Waals surface area (Å²) in [7, 11) is 0. The molecule has 0 saturated carbocycles. The summed E-state index contributed by atoms with van der Waals surface area (Å²) in [5.41, 5.74) is 6.79. The van der Waals surface area contributed by atoms with Gasteiger partial charge < -0.3 is 5.32 Å². The molecule has 0 radical (unpaired) electrons. The molecule has 0 unspecified atom stereocenters. The van der Waals surface area contributed by atoms with Crippen molar-refractivity contribution in [3.8, 4) is 0 Å². The number of hydrogen-bond acceptors (Lipinski definition) is 4. The topological polar surface area (TPSA) is 78.9 Å². The lowest BCUT2D eigenvalue weighted by Gasteiger charge is -2.11.